The fraction of sp³-hybridized carbons (Fsp3) is 0.200. The Kier molecular flexibility index (Phi) is 5.10. The minimum absolute atomic E-state index is 0.248. The summed E-state index contributed by atoms with van der Waals surface area (Å²) >= 11 is 1.64. The fourth-order valence-corrected chi connectivity index (χ4v) is 3.94. The number of benzene rings is 2. The minimum atomic E-state index is -4.69. The third kappa shape index (κ3) is 4.09. The molecular weight excluding hydrogens is 419 g/mol. The summed E-state index contributed by atoms with van der Waals surface area (Å²) in [6.45, 7) is 2.03. The summed E-state index contributed by atoms with van der Waals surface area (Å²) in [6.07, 6.45) is -4.69. The van der Waals surface area contributed by atoms with Crippen molar-refractivity contribution in [3.8, 4) is 11.5 Å². The lowest BCUT2D eigenvalue weighted by Crippen LogP contribution is -2.06. The second-order valence-corrected chi connectivity index (χ2v) is 7.69. The lowest BCUT2D eigenvalue weighted by atomic mass is 10.1. The van der Waals surface area contributed by atoms with Gasteiger partial charge in [0, 0.05) is 17.2 Å². The summed E-state index contributed by atoms with van der Waals surface area (Å²) in [6, 6.07) is 10.9. The number of fused-ring (bicyclic) bond motifs is 1. The van der Waals surface area contributed by atoms with Crippen molar-refractivity contribution >= 4 is 33.4 Å². The molecule has 10 heteroatoms. The molecule has 0 fully saturated rings. The van der Waals surface area contributed by atoms with Gasteiger partial charge in [-0.3, -0.25) is 15.1 Å². The van der Waals surface area contributed by atoms with Crippen LogP contribution in [0.25, 0.3) is 10.9 Å². The Balaban J connectivity index is 1.64. The van der Waals surface area contributed by atoms with E-state index < -0.39 is 22.4 Å². The molecule has 0 saturated carbocycles. The SMILES string of the molecule is CC1CSC(c2ccc3cc(Oc4ccc(C(F)(F)F)cc4[N+](=O)[O-])ccc3n2)=N1. The number of ether oxygens (including phenoxy) is 1. The molecule has 1 atom stereocenters. The van der Waals surface area contributed by atoms with E-state index in [2.05, 4.69) is 9.98 Å². The standard InChI is InChI=1S/C20H14F3N3O3S/c1-11-10-30-19(24-11)16-5-2-12-8-14(4-6-15(12)25-16)29-18-7-3-13(20(21,22)23)9-17(18)26(27)28/h2-9,11H,10H2,1H3. The quantitative estimate of drug-likeness (QED) is 0.382. The summed E-state index contributed by atoms with van der Waals surface area (Å²) in [5.74, 6) is 0.886. The summed E-state index contributed by atoms with van der Waals surface area (Å²) in [5.41, 5.74) is -0.420. The normalized spacial score (nSPS) is 16.5. The number of aliphatic imine (C=N–C) groups is 1. The number of nitro groups is 1. The van der Waals surface area contributed by atoms with Gasteiger partial charge in [-0.25, -0.2) is 4.98 Å². The first-order valence-corrected chi connectivity index (χ1v) is 9.84. The van der Waals surface area contributed by atoms with Gasteiger partial charge in [-0.2, -0.15) is 13.2 Å². The second-order valence-electron chi connectivity index (χ2n) is 6.68. The predicted molar refractivity (Wildman–Crippen MR) is 108 cm³/mol. The average molecular weight is 433 g/mol. The molecular formula is C20H14F3N3O3S. The van der Waals surface area contributed by atoms with Crippen molar-refractivity contribution in [3.63, 3.8) is 0 Å². The number of nitro benzene ring substituents is 1. The number of nitrogens with zero attached hydrogens (tertiary/aromatic N) is 3. The molecule has 30 heavy (non-hydrogen) atoms. The van der Waals surface area contributed by atoms with Crippen LogP contribution in [0.15, 0.2) is 53.5 Å². The van der Waals surface area contributed by atoms with Crippen LogP contribution >= 0.6 is 11.8 Å². The van der Waals surface area contributed by atoms with Gasteiger partial charge in [0.15, 0.2) is 0 Å². The van der Waals surface area contributed by atoms with Gasteiger partial charge in [0.1, 0.15) is 10.8 Å². The van der Waals surface area contributed by atoms with E-state index in [0.29, 0.717) is 11.6 Å². The molecule has 1 aromatic heterocycles. The molecule has 1 unspecified atom stereocenters. The van der Waals surface area contributed by atoms with Crippen LogP contribution in [0.3, 0.4) is 0 Å². The molecule has 0 spiro atoms. The molecule has 1 aliphatic rings. The number of aromatic nitrogens is 1. The zero-order chi connectivity index (χ0) is 21.5. The molecule has 0 bridgehead atoms. The van der Waals surface area contributed by atoms with E-state index >= 15 is 0 Å². The molecule has 6 nitrogen and oxygen atoms in total. The molecule has 0 aliphatic carbocycles. The summed E-state index contributed by atoms with van der Waals surface area (Å²) < 4.78 is 44.1. The van der Waals surface area contributed by atoms with Gasteiger partial charge in [-0.1, -0.05) is 6.07 Å². The highest BCUT2D eigenvalue weighted by molar-refractivity contribution is 8.14. The Hall–Kier alpha value is -3.14. The Morgan fingerprint density at radius 3 is 2.63 bits per heavy atom. The zero-order valence-electron chi connectivity index (χ0n) is 15.5. The molecule has 0 N–H and O–H groups in total. The highest BCUT2D eigenvalue weighted by atomic mass is 32.2. The van der Waals surface area contributed by atoms with E-state index in [9.17, 15) is 23.3 Å². The first kappa shape index (κ1) is 20.1. The van der Waals surface area contributed by atoms with Gasteiger partial charge < -0.3 is 4.74 Å². The monoisotopic (exact) mass is 433 g/mol. The largest absolute Gasteiger partial charge is 0.450 e. The maximum Gasteiger partial charge on any atom is 0.416 e. The third-order valence-electron chi connectivity index (χ3n) is 4.39. The summed E-state index contributed by atoms with van der Waals surface area (Å²) in [5, 5.41) is 12.8. The summed E-state index contributed by atoms with van der Waals surface area (Å²) in [7, 11) is 0. The Morgan fingerprint density at radius 1 is 1.17 bits per heavy atom. The topological polar surface area (TPSA) is 77.6 Å². The molecule has 154 valence electrons. The van der Waals surface area contributed by atoms with Crippen LogP contribution in [0.4, 0.5) is 18.9 Å². The molecule has 0 radical (unpaired) electrons. The van der Waals surface area contributed by atoms with Crippen LogP contribution in [0.5, 0.6) is 11.5 Å². The summed E-state index contributed by atoms with van der Waals surface area (Å²) in [4.78, 5) is 19.4. The molecule has 0 amide bonds. The number of thioether (sulfide) groups is 1. The molecule has 2 heterocycles. The lowest BCUT2D eigenvalue weighted by molar-refractivity contribution is -0.385. The van der Waals surface area contributed by atoms with Crippen molar-refractivity contribution in [2.24, 2.45) is 4.99 Å². The first-order valence-electron chi connectivity index (χ1n) is 8.86. The van der Waals surface area contributed by atoms with Crippen molar-refractivity contribution in [2.75, 3.05) is 5.75 Å². The maximum absolute atomic E-state index is 12.9. The van der Waals surface area contributed by atoms with E-state index in [4.69, 9.17) is 4.74 Å². The van der Waals surface area contributed by atoms with E-state index in [-0.39, 0.29) is 17.5 Å². The van der Waals surface area contributed by atoms with Gasteiger partial charge in [-0.05, 0) is 43.3 Å². The number of halogens is 3. The highest BCUT2D eigenvalue weighted by Gasteiger charge is 2.33. The van der Waals surface area contributed by atoms with Gasteiger partial charge in [0.2, 0.25) is 5.75 Å². The number of hydrogen-bond donors (Lipinski definition) is 0. The predicted octanol–water partition coefficient (Wildman–Crippen LogP) is 5.84. The second kappa shape index (κ2) is 7.60. The molecule has 2 aromatic carbocycles. The van der Waals surface area contributed by atoms with Crippen LogP contribution < -0.4 is 4.74 Å². The maximum atomic E-state index is 12.9. The van der Waals surface area contributed by atoms with Gasteiger partial charge in [-0.15, -0.1) is 11.8 Å². The first-order chi connectivity index (χ1) is 14.2. The number of alkyl halides is 3. The molecule has 0 saturated heterocycles. The lowest BCUT2D eigenvalue weighted by Gasteiger charge is -2.10. The van der Waals surface area contributed by atoms with Crippen LogP contribution in [0.1, 0.15) is 18.2 Å². The van der Waals surface area contributed by atoms with Crippen molar-refractivity contribution < 1.29 is 22.8 Å². The average Bonchev–Trinajstić information content (AvgIpc) is 3.13. The smallest absolute Gasteiger partial charge is 0.416 e. The van der Waals surface area contributed by atoms with Crippen LogP contribution in [-0.4, -0.2) is 26.7 Å². The van der Waals surface area contributed by atoms with E-state index in [1.54, 1.807) is 30.0 Å². The van der Waals surface area contributed by atoms with Crippen molar-refractivity contribution in [1.82, 2.24) is 4.98 Å². The fourth-order valence-electron chi connectivity index (χ4n) is 2.95. The van der Waals surface area contributed by atoms with Gasteiger partial charge in [0.05, 0.1) is 27.7 Å². The minimum Gasteiger partial charge on any atom is -0.450 e. The number of rotatable bonds is 4. The number of hydrogen-bond acceptors (Lipinski definition) is 6. The Bertz CT molecular complexity index is 1180. The highest BCUT2D eigenvalue weighted by Crippen LogP contribution is 2.38. The molecule has 4 rings (SSSR count). The number of pyridine rings is 1. The van der Waals surface area contributed by atoms with Crippen LogP contribution in [0.2, 0.25) is 0 Å². The molecule has 1 aliphatic heterocycles. The van der Waals surface area contributed by atoms with E-state index in [1.165, 1.54) is 0 Å². The van der Waals surface area contributed by atoms with Crippen molar-refractivity contribution in [2.45, 2.75) is 19.1 Å². The van der Waals surface area contributed by atoms with Crippen molar-refractivity contribution in [3.05, 3.63) is 69.9 Å². The third-order valence-corrected chi connectivity index (χ3v) is 5.63. The van der Waals surface area contributed by atoms with Crippen LogP contribution in [0, 0.1) is 10.1 Å². The Morgan fingerprint density at radius 2 is 1.97 bits per heavy atom. The van der Waals surface area contributed by atoms with E-state index in [0.717, 1.165) is 34.0 Å². The van der Waals surface area contributed by atoms with Crippen molar-refractivity contribution in [1.29, 1.82) is 0 Å². The Labute approximate surface area is 172 Å². The van der Waals surface area contributed by atoms with Crippen LogP contribution in [-0.2, 0) is 6.18 Å². The van der Waals surface area contributed by atoms with E-state index in [1.807, 2.05) is 19.1 Å². The molecule has 3 aromatic rings. The van der Waals surface area contributed by atoms with Gasteiger partial charge >= 0.3 is 11.9 Å². The zero-order valence-corrected chi connectivity index (χ0v) is 16.3. The van der Waals surface area contributed by atoms with Gasteiger partial charge in [0.25, 0.3) is 0 Å².